The first-order chi connectivity index (χ1) is 9.98. The highest BCUT2D eigenvalue weighted by atomic mass is 32.2. The van der Waals surface area contributed by atoms with Crippen molar-refractivity contribution in [3.8, 4) is 0 Å². The highest BCUT2D eigenvalue weighted by Gasteiger charge is 2.23. The quantitative estimate of drug-likeness (QED) is 0.924. The maximum atomic E-state index is 12.7. The van der Waals surface area contributed by atoms with Crippen LogP contribution in [0.25, 0.3) is 0 Å². The monoisotopic (exact) mass is 305 g/mol. The minimum absolute atomic E-state index is 0.101. The molecule has 21 heavy (non-hydrogen) atoms. The second-order valence-corrected chi connectivity index (χ2v) is 6.67. The Morgan fingerprint density at radius 1 is 1.00 bits per heavy atom. The Morgan fingerprint density at radius 2 is 1.57 bits per heavy atom. The minimum atomic E-state index is -3.59. The zero-order chi connectivity index (χ0) is 15.5. The number of aliphatic hydroxyl groups is 1. The molecule has 0 aliphatic carbocycles. The summed E-state index contributed by atoms with van der Waals surface area (Å²) in [6.45, 7) is 4.02. The number of hydrogen-bond acceptors (Lipinski definition) is 3. The van der Waals surface area contributed by atoms with Gasteiger partial charge in [-0.1, -0.05) is 29.8 Å². The van der Waals surface area contributed by atoms with Gasteiger partial charge in [0.2, 0.25) is 0 Å². The Kier molecular flexibility index (Phi) is 4.65. The predicted octanol–water partition coefficient (Wildman–Crippen LogP) is 2.70. The molecule has 1 N–H and O–H groups in total. The molecule has 0 atom stereocenters. The molecular formula is C16H19NO3S. The van der Waals surface area contributed by atoms with Gasteiger partial charge in [0.25, 0.3) is 10.0 Å². The maximum Gasteiger partial charge on any atom is 0.264 e. The van der Waals surface area contributed by atoms with Crippen molar-refractivity contribution in [2.24, 2.45) is 0 Å². The predicted molar refractivity (Wildman–Crippen MR) is 83.7 cm³/mol. The molecule has 0 aliphatic rings. The van der Waals surface area contributed by atoms with Crippen molar-refractivity contribution >= 4 is 15.7 Å². The zero-order valence-corrected chi connectivity index (χ0v) is 13.0. The van der Waals surface area contributed by atoms with E-state index in [1.807, 2.05) is 19.1 Å². The fraction of sp³-hybridized carbons (Fsp3) is 0.250. The summed E-state index contributed by atoms with van der Waals surface area (Å²) in [7, 11) is -3.59. The fourth-order valence-electron chi connectivity index (χ4n) is 2.10. The summed E-state index contributed by atoms with van der Waals surface area (Å²) in [5.74, 6) is 0. The Labute approximate surface area is 125 Å². The molecule has 0 radical (unpaired) electrons. The van der Waals surface area contributed by atoms with Crippen LogP contribution in [0.3, 0.4) is 0 Å². The van der Waals surface area contributed by atoms with E-state index in [1.54, 1.807) is 31.2 Å². The van der Waals surface area contributed by atoms with Gasteiger partial charge in [0, 0.05) is 6.54 Å². The molecule has 0 bridgehead atoms. The van der Waals surface area contributed by atoms with Crippen molar-refractivity contribution in [1.29, 1.82) is 0 Å². The Balaban J connectivity index is 2.41. The summed E-state index contributed by atoms with van der Waals surface area (Å²) >= 11 is 0. The van der Waals surface area contributed by atoms with Crippen LogP contribution < -0.4 is 4.31 Å². The van der Waals surface area contributed by atoms with Gasteiger partial charge < -0.3 is 5.11 Å². The summed E-state index contributed by atoms with van der Waals surface area (Å²) in [6, 6.07) is 13.7. The van der Waals surface area contributed by atoms with Gasteiger partial charge in [-0.05, 0) is 43.7 Å². The van der Waals surface area contributed by atoms with Crippen LogP contribution in [0.2, 0.25) is 0 Å². The second kappa shape index (κ2) is 6.28. The van der Waals surface area contributed by atoms with Gasteiger partial charge in [0.05, 0.1) is 17.2 Å². The molecule has 5 heteroatoms. The molecule has 0 spiro atoms. The van der Waals surface area contributed by atoms with E-state index in [-0.39, 0.29) is 11.5 Å². The van der Waals surface area contributed by atoms with E-state index in [1.165, 1.54) is 16.4 Å². The lowest BCUT2D eigenvalue weighted by Crippen LogP contribution is -2.30. The molecule has 2 aromatic rings. The van der Waals surface area contributed by atoms with Gasteiger partial charge in [-0.2, -0.15) is 0 Å². The van der Waals surface area contributed by atoms with Crippen molar-refractivity contribution in [2.45, 2.75) is 25.3 Å². The Bertz CT molecular complexity index is 691. The summed E-state index contributed by atoms with van der Waals surface area (Å²) in [6.07, 6.45) is 0. The Morgan fingerprint density at radius 3 is 2.05 bits per heavy atom. The normalized spacial score (nSPS) is 11.4. The molecule has 2 aromatic carbocycles. The SMILES string of the molecule is CCN(c1ccc(C)cc1)S(=O)(=O)c1ccc(CO)cc1. The molecule has 0 aromatic heterocycles. The molecule has 2 rings (SSSR count). The van der Waals surface area contributed by atoms with Gasteiger partial charge in [0.1, 0.15) is 0 Å². The van der Waals surface area contributed by atoms with E-state index < -0.39 is 10.0 Å². The number of hydrogen-bond donors (Lipinski definition) is 1. The molecule has 112 valence electrons. The third-order valence-electron chi connectivity index (χ3n) is 3.30. The van der Waals surface area contributed by atoms with Crippen molar-refractivity contribution in [3.63, 3.8) is 0 Å². The number of rotatable bonds is 5. The molecule has 0 fully saturated rings. The third kappa shape index (κ3) is 3.25. The van der Waals surface area contributed by atoms with Crippen LogP contribution in [0, 0.1) is 6.92 Å². The molecule has 0 unspecified atom stereocenters. The average Bonchev–Trinajstić information content (AvgIpc) is 2.50. The van der Waals surface area contributed by atoms with E-state index >= 15 is 0 Å². The zero-order valence-electron chi connectivity index (χ0n) is 12.2. The van der Waals surface area contributed by atoms with Gasteiger partial charge in [-0.15, -0.1) is 0 Å². The third-order valence-corrected chi connectivity index (χ3v) is 5.22. The molecular weight excluding hydrogens is 286 g/mol. The van der Waals surface area contributed by atoms with E-state index in [0.29, 0.717) is 17.8 Å². The van der Waals surface area contributed by atoms with E-state index in [4.69, 9.17) is 5.11 Å². The number of anilines is 1. The van der Waals surface area contributed by atoms with Crippen LogP contribution in [0.5, 0.6) is 0 Å². The van der Waals surface area contributed by atoms with Crippen molar-refractivity contribution in [1.82, 2.24) is 0 Å². The van der Waals surface area contributed by atoms with Gasteiger partial charge in [0.15, 0.2) is 0 Å². The lowest BCUT2D eigenvalue weighted by molar-refractivity contribution is 0.282. The molecule has 0 aliphatic heterocycles. The summed E-state index contributed by atoms with van der Waals surface area (Å²) in [5, 5.41) is 9.03. The van der Waals surface area contributed by atoms with Crippen molar-refractivity contribution < 1.29 is 13.5 Å². The molecule has 0 saturated heterocycles. The Hall–Kier alpha value is -1.85. The van der Waals surface area contributed by atoms with Gasteiger partial charge >= 0.3 is 0 Å². The smallest absolute Gasteiger partial charge is 0.264 e. The average molecular weight is 305 g/mol. The van der Waals surface area contributed by atoms with E-state index in [9.17, 15) is 8.42 Å². The second-order valence-electron chi connectivity index (χ2n) is 4.81. The van der Waals surface area contributed by atoms with Crippen molar-refractivity contribution in [2.75, 3.05) is 10.8 Å². The molecule has 0 saturated carbocycles. The lowest BCUT2D eigenvalue weighted by Gasteiger charge is -2.23. The summed E-state index contributed by atoms with van der Waals surface area (Å²) < 4.78 is 26.8. The number of sulfonamides is 1. The largest absolute Gasteiger partial charge is 0.392 e. The van der Waals surface area contributed by atoms with Crippen LogP contribution in [0.1, 0.15) is 18.1 Å². The standard InChI is InChI=1S/C16H19NO3S/c1-3-17(15-8-4-13(2)5-9-15)21(19,20)16-10-6-14(12-18)7-11-16/h4-11,18H,3,12H2,1-2H3. The highest BCUT2D eigenvalue weighted by molar-refractivity contribution is 7.92. The topological polar surface area (TPSA) is 57.6 Å². The molecule has 0 heterocycles. The van der Waals surface area contributed by atoms with Crippen LogP contribution in [-0.2, 0) is 16.6 Å². The minimum Gasteiger partial charge on any atom is -0.392 e. The van der Waals surface area contributed by atoms with Crippen LogP contribution in [-0.4, -0.2) is 20.1 Å². The molecule has 0 amide bonds. The van der Waals surface area contributed by atoms with Crippen LogP contribution in [0.15, 0.2) is 53.4 Å². The number of nitrogens with zero attached hydrogens (tertiary/aromatic N) is 1. The summed E-state index contributed by atoms with van der Waals surface area (Å²) in [5.41, 5.74) is 2.42. The maximum absolute atomic E-state index is 12.7. The first-order valence-corrected chi connectivity index (χ1v) is 8.22. The van der Waals surface area contributed by atoms with E-state index in [2.05, 4.69) is 0 Å². The van der Waals surface area contributed by atoms with Crippen molar-refractivity contribution in [3.05, 3.63) is 59.7 Å². The first-order valence-electron chi connectivity index (χ1n) is 6.78. The highest BCUT2D eigenvalue weighted by Crippen LogP contribution is 2.24. The van der Waals surface area contributed by atoms with E-state index in [0.717, 1.165) is 5.56 Å². The number of benzene rings is 2. The van der Waals surface area contributed by atoms with Crippen LogP contribution >= 0.6 is 0 Å². The number of aryl methyl sites for hydroxylation is 1. The van der Waals surface area contributed by atoms with Gasteiger partial charge in [-0.25, -0.2) is 8.42 Å². The fourth-order valence-corrected chi connectivity index (χ4v) is 3.57. The number of aliphatic hydroxyl groups excluding tert-OH is 1. The van der Waals surface area contributed by atoms with Crippen LogP contribution in [0.4, 0.5) is 5.69 Å². The first kappa shape index (κ1) is 15.5. The lowest BCUT2D eigenvalue weighted by atomic mass is 10.2. The van der Waals surface area contributed by atoms with Gasteiger partial charge in [-0.3, -0.25) is 4.31 Å². The molecule has 4 nitrogen and oxygen atoms in total. The summed E-state index contributed by atoms with van der Waals surface area (Å²) in [4.78, 5) is 0.224.